The van der Waals surface area contributed by atoms with Gasteiger partial charge >= 0.3 is 0 Å². The van der Waals surface area contributed by atoms with Crippen LogP contribution in [-0.4, -0.2) is 0 Å². The fourth-order valence-corrected chi connectivity index (χ4v) is 2.55. The Bertz CT molecular complexity index is 647. The molecule has 0 spiro atoms. The van der Waals surface area contributed by atoms with Gasteiger partial charge in [-0.15, -0.1) is 0 Å². The Morgan fingerprint density at radius 3 is 2.35 bits per heavy atom. The van der Waals surface area contributed by atoms with Gasteiger partial charge in [0.2, 0.25) is 0 Å². The van der Waals surface area contributed by atoms with Crippen molar-refractivity contribution >= 4 is 28.9 Å². The summed E-state index contributed by atoms with van der Waals surface area (Å²) >= 11 is 11.9. The number of anilines is 1. The number of hydrogen-bond acceptors (Lipinski definition) is 1. The van der Waals surface area contributed by atoms with E-state index >= 15 is 0 Å². The highest BCUT2D eigenvalue weighted by molar-refractivity contribution is 6.36. The second kappa shape index (κ2) is 5.94. The molecule has 2 aromatic carbocycles. The summed E-state index contributed by atoms with van der Waals surface area (Å²) in [6.07, 6.45) is 0. The second-order valence-corrected chi connectivity index (χ2v) is 5.03. The van der Waals surface area contributed by atoms with Crippen molar-refractivity contribution in [3.05, 3.63) is 63.4 Å². The van der Waals surface area contributed by atoms with E-state index in [1.807, 2.05) is 0 Å². The molecule has 0 radical (unpaired) electrons. The summed E-state index contributed by atoms with van der Waals surface area (Å²) < 4.78 is 39.8. The van der Waals surface area contributed by atoms with Crippen LogP contribution in [0.3, 0.4) is 0 Å². The van der Waals surface area contributed by atoms with Gasteiger partial charge in [-0.25, -0.2) is 13.2 Å². The first-order valence-electron chi connectivity index (χ1n) is 5.75. The lowest BCUT2D eigenvalue weighted by atomic mass is 10.1. The van der Waals surface area contributed by atoms with E-state index in [1.165, 1.54) is 12.1 Å². The molecule has 1 atom stereocenters. The Labute approximate surface area is 124 Å². The number of rotatable bonds is 3. The van der Waals surface area contributed by atoms with Crippen LogP contribution in [0.25, 0.3) is 0 Å². The lowest BCUT2D eigenvalue weighted by Gasteiger charge is -2.19. The Morgan fingerprint density at radius 2 is 1.70 bits per heavy atom. The van der Waals surface area contributed by atoms with Crippen LogP contribution >= 0.6 is 23.2 Å². The zero-order valence-corrected chi connectivity index (χ0v) is 11.9. The van der Waals surface area contributed by atoms with Crippen LogP contribution < -0.4 is 5.32 Å². The van der Waals surface area contributed by atoms with E-state index in [2.05, 4.69) is 5.32 Å². The van der Waals surface area contributed by atoms with E-state index in [-0.39, 0.29) is 15.7 Å². The SMILES string of the molecule is CC(Nc1ccc(F)cc1F)c1c(Cl)ccc(F)c1Cl. The number of hydrogen-bond donors (Lipinski definition) is 1. The van der Waals surface area contributed by atoms with Crippen LogP contribution in [0.1, 0.15) is 18.5 Å². The Hall–Kier alpha value is -1.39. The first-order chi connectivity index (χ1) is 9.40. The summed E-state index contributed by atoms with van der Waals surface area (Å²) in [7, 11) is 0. The van der Waals surface area contributed by atoms with Gasteiger partial charge in [0.05, 0.1) is 16.8 Å². The molecule has 0 amide bonds. The molecule has 0 saturated heterocycles. The van der Waals surface area contributed by atoms with Crippen molar-refractivity contribution in [1.29, 1.82) is 0 Å². The zero-order valence-electron chi connectivity index (χ0n) is 10.4. The molecule has 1 N–H and O–H groups in total. The minimum atomic E-state index is -0.750. The van der Waals surface area contributed by atoms with E-state index < -0.39 is 23.5 Å². The lowest BCUT2D eigenvalue weighted by molar-refractivity contribution is 0.583. The third-order valence-electron chi connectivity index (χ3n) is 2.82. The highest BCUT2D eigenvalue weighted by Gasteiger charge is 2.18. The van der Waals surface area contributed by atoms with Gasteiger partial charge in [-0.3, -0.25) is 0 Å². The summed E-state index contributed by atoms with van der Waals surface area (Å²) in [5.74, 6) is -2.04. The van der Waals surface area contributed by atoms with E-state index in [4.69, 9.17) is 23.2 Å². The minimum absolute atomic E-state index is 0.0790. The summed E-state index contributed by atoms with van der Waals surface area (Å²) in [6, 6.07) is 5.10. The van der Waals surface area contributed by atoms with Gasteiger partial charge in [-0.2, -0.15) is 0 Å². The Kier molecular flexibility index (Phi) is 4.45. The highest BCUT2D eigenvalue weighted by atomic mass is 35.5. The van der Waals surface area contributed by atoms with Crippen molar-refractivity contribution in [3.8, 4) is 0 Å². The molecule has 106 valence electrons. The normalized spacial score (nSPS) is 12.3. The van der Waals surface area contributed by atoms with Gasteiger partial charge in [0.1, 0.15) is 17.5 Å². The molecule has 0 bridgehead atoms. The van der Waals surface area contributed by atoms with Crippen LogP contribution in [0, 0.1) is 17.5 Å². The van der Waals surface area contributed by atoms with E-state index in [0.717, 1.165) is 18.2 Å². The van der Waals surface area contributed by atoms with Crippen molar-refractivity contribution in [3.63, 3.8) is 0 Å². The fourth-order valence-electron chi connectivity index (χ4n) is 1.85. The van der Waals surface area contributed by atoms with Gasteiger partial charge in [-0.1, -0.05) is 23.2 Å². The van der Waals surface area contributed by atoms with Gasteiger partial charge in [-0.05, 0) is 31.2 Å². The summed E-state index contributed by atoms with van der Waals surface area (Å²) in [5.41, 5.74) is 0.396. The molecule has 0 saturated carbocycles. The van der Waals surface area contributed by atoms with E-state index in [9.17, 15) is 13.2 Å². The third kappa shape index (κ3) is 3.02. The van der Waals surface area contributed by atoms with Gasteiger partial charge in [0, 0.05) is 16.7 Å². The van der Waals surface area contributed by atoms with Crippen molar-refractivity contribution < 1.29 is 13.2 Å². The molecule has 0 aliphatic carbocycles. The maximum absolute atomic E-state index is 13.6. The monoisotopic (exact) mass is 319 g/mol. The average molecular weight is 320 g/mol. The van der Waals surface area contributed by atoms with Gasteiger partial charge in [0.25, 0.3) is 0 Å². The maximum Gasteiger partial charge on any atom is 0.149 e. The van der Waals surface area contributed by atoms with E-state index in [1.54, 1.807) is 6.92 Å². The number of nitrogens with one attached hydrogen (secondary N) is 1. The summed E-state index contributed by atoms with van der Waals surface area (Å²) in [5, 5.41) is 2.92. The predicted octanol–water partition coefficient (Wildman–Crippen LogP) is 5.58. The number of benzene rings is 2. The van der Waals surface area contributed by atoms with Crippen molar-refractivity contribution in [2.24, 2.45) is 0 Å². The van der Waals surface area contributed by atoms with Crippen LogP contribution in [-0.2, 0) is 0 Å². The van der Waals surface area contributed by atoms with Crippen LogP contribution in [0.4, 0.5) is 18.9 Å². The predicted molar refractivity (Wildman–Crippen MR) is 74.8 cm³/mol. The molecular formula is C14H10Cl2F3N. The lowest BCUT2D eigenvalue weighted by Crippen LogP contribution is -2.10. The van der Waals surface area contributed by atoms with Gasteiger partial charge in [0.15, 0.2) is 0 Å². The molecular weight excluding hydrogens is 310 g/mol. The molecule has 0 fully saturated rings. The molecule has 2 aromatic rings. The first-order valence-corrected chi connectivity index (χ1v) is 6.50. The van der Waals surface area contributed by atoms with Crippen molar-refractivity contribution in [2.45, 2.75) is 13.0 Å². The fraction of sp³-hybridized carbons (Fsp3) is 0.143. The first kappa shape index (κ1) is 15.0. The molecule has 1 nitrogen and oxygen atoms in total. The molecule has 0 aliphatic heterocycles. The average Bonchev–Trinajstić information content (AvgIpc) is 2.38. The molecule has 20 heavy (non-hydrogen) atoms. The molecule has 1 unspecified atom stereocenters. The topological polar surface area (TPSA) is 12.0 Å². The number of halogens is 5. The van der Waals surface area contributed by atoms with Gasteiger partial charge < -0.3 is 5.32 Å². The molecule has 0 aliphatic rings. The molecule has 6 heteroatoms. The van der Waals surface area contributed by atoms with E-state index in [0.29, 0.717) is 5.56 Å². The van der Waals surface area contributed by atoms with Crippen LogP contribution in [0.5, 0.6) is 0 Å². The maximum atomic E-state index is 13.6. The smallest absolute Gasteiger partial charge is 0.149 e. The molecule has 0 heterocycles. The molecule has 2 rings (SSSR count). The van der Waals surface area contributed by atoms with Crippen molar-refractivity contribution in [1.82, 2.24) is 0 Å². The third-order valence-corrected chi connectivity index (χ3v) is 3.53. The highest BCUT2D eigenvalue weighted by Crippen LogP contribution is 2.34. The standard InChI is InChI=1S/C14H10Cl2F3N/c1-7(13-9(15)3-4-10(18)14(13)16)20-12-5-2-8(17)6-11(12)19/h2-7,20H,1H3. The Morgan fingerprint density at radius 1 is 1.00 bits per heavy atom. The quantitative estimate of drug-likeness (QED) is 0.728. The summed E-state index contributed by atoms with van der Waals surface area (Å²) in [6.45, 7) is 1.65. The van der Waals surface area contributed by atoms with Crippen molar-refractivity contribution in [2.75, 3.05) is 5.32 Å². The Balaban J connectivity index is 2.33. The largest absolute Gasteiger partial charge is 0.376 e. The summed E-state index contributed by atoms with van der Waals surface area (Å²) in [4.78, 5) is 0. The zero-order chi connectivity index (χ0) is 14.9. The minimum Gasteiger partial charge on any atom is -0.376 e. The van der Waals surface area contributed by atoms with Crippen LogP contribution in [0.15, 0.2) is 30.3 Å². The second-order valence-electron chi connectivity index (χ2n) is 4.25. The van der Waals surface area contributed by atoms with Crippen LogP contribution in [0.2, 0.25) is 10.0 Å². The molecule has 0 aromatic heterocycles.